The zero-order valence-electron chi connectivity index (χ0n) is 7.38. The summed E-state index contributed by atoms with van der Waals surface area (Å²) in [6.45, 7) is 0. The van der Waals surface area contributed by atoms with E-state index in [2.05, 4.69) is 9.97 Å². The Morgan fingerprint density at radius 2 is 1.62 bits per heavy atom. The van der Waals surface area contributed by atoms with Crippen molar-refractivity contribution in [3.8, 4) is 11.1 Å². The zero-order valence-corrected chi connectivity index (χ0v) is 7.38. The van der Waals surface area contributed by atoms with Gasteiger partial charge in [0.1, 0.15) is 13.4 Å². The van der Waals surface area contributed by atoms with Gasteiger partial charge in [0.05, 0.1) is 0 Å². The minimum absolute atomic E-state index is 1.04. The number of pyridine rings is 1. The summed E-state index contributed by atoms with van der Waals surface area (Å²) in [6.07, 6.45) is 9.15. The molecule has 0 unspecified atom stereocenters. The summed E-state index contributed by atoms with van der Waals surface area (Å²) in [5.74, 6) is 0. The van der Waals surface area contributed by atoms with E-state index in [9.17, 15) is 0 Å². The predicted octanol–water partition coefficient (Wildman–Crippen LogP) is 0.968. The van der Waals surface area contributed by atoms with Crippen molar-refractivity contribution < 1.29 is 4.57 Å². The van der Waals surface area contributed by atoms with Gasteiger partial charge in [-0.1, -0.05) is 0 Å². The first-order valence-corrected chi connectivity index (χ1v) is 4.07. The third-order valence-electron chi connectivity index (χ3n) is 1.87. The van der Waals surface area contributed by atoms with E-state index in [1.807, 2.05) is 48.5 Å². The van der Waals surface area contributed by atoms with E-state index in [0.717, 1.165) is 11.1 Å². The Morgan fingerprint density at radius 1 is 1.00 bits per heavy atom. The minimum Gasteiger partial charge on any atom is -0.244 e. The van der Waals surface area contributed by atoms with Crippen molar-refractivity contribution in [2.24, 2.45) is 7.05 Å². The van der Waals surface area contributed by atoms with Crippen molar-refractivity contribution in [2.45, 2.75) is 0 Å². The first-order valence-electron chi connectivity index (χ1n) is 4.07. The smallest absolute Gasteiger partial charge is 0.169 e. The normalized spacial score (nSPS) is 9.92. The molecule has 2 aromatic rings. The second-order valence-corrected chi connectivity index (χ2v) is 2.88. The van der Waals surface area contributed by atoms with Crippen molar-refractivity contribution >= 4 is 0 Å². The largest absolute Gasteiger partial charge is 0.244 e. The van der Waals surface area contributed by atoms with E-state index in [1.54, 1.807) is 0 Å². The molecule has 0 aliphatic heterocycles. The van der Waals surface area contributed by atoms with E-state index >= 15 is 0 Å². The summed E-state index contributed by atoms with van der Waals surface area (Å²) in [6, 6.07) is 4.08. The maximum Gasteiger partial charge on any atom is 0.169 e. The molecular weight excluding hydrogens is 162 g/mol. The molecule has 0 saturated heterocycles. The Kier molecular flexibility index (Phi) is 2.00. The molecule has 0 atom stereocenters. The van der Waals surface area contributed by atoms with Crippen LogP contribution in [0.1, 0.15) is 0 Å². The molecular formula is C10H10N3+. The molecule has 2 heterocycles. The standard InChI is InChI=1S/C10H10N3/c1-13-4-2-9(3-5-13)10-6-11-8-12-7-10/h2-8H,1H3/q+1. The van der Waals surface area contributed by atoms with Gasteiger partial charge in [0.25, 0.3) is 0 Å². The van der Waals surface area contributed by atoms with Crippen LogP contribution in [0.2, 0.25) is 0 Å². The molecule has 0 N–H and O–H groups in total. The lowest BCUT2D eigenvalue weighted by Crippen LogP contribution is -2.25. The van der Waals surface area contributed by atoms with Gasteiger partial charge in [0.15, 0.2) is 12.4 Å². The first kappa shape index (κ1) is 7.86. The van der Waals surface area contributed by atoms with Crippen molar-refractivity contribution in [3.63, 3.8) is 0 Å². The molecule has 0 aliphatic rings. The lowest BCUT2D eigenvalue weighted by molar-refractivity contribution is -0.671. The lowest BCUT2D eigenvalue weighted by atomic mass is 10.1. The Balaban J connectivity index is 2.42. The summed E-state index contributed by atoms with van der Waals surface area (Å²) in [5.41, 5.74) is 2.18. The maximum atomic E-state index is 3.97. The van der Waals surface area contributed by atoms with Gasteiger partial charge in [-0.3, -0.25) is 0 Å². The highest BCUT2D eigenvalue weighted by Crippen LogP contribution is 2.13. The topological polar surface area (TPSA) is 29.7 Å². The number of hydrogen-bond acceptors (Lipinski definition) is 2. The fourth-order valence-corrected chi connectivity index (χ4v) is 1.14. The number of rotatable bonds is 1. The van der Waals surface area contributed by atoms with E-state index in [4.69, 9.17) is 0 Å². The molecule has 2 rings (SSSR count). The molecule has 0 saturated carbocycles. The third kappa shape index (κ3) is 1.69. The average Bonchev–Trinajstić information content (AvgIpc) is 2.20. The second-order valence-electron chi connectivity index (χ2n) is 2.88. The van der Waals surface area contributed by atoms with Crippen LogP contribution in [0, 0.1) is 0 Å². The highest BCUT2D eigenvalue weighted by atomic mass is 14.9. The SMILES string of the molecule is C[n+]1ccc(-c2cncnc2)cc1. The molecule has 0 aliphatic carbocycles. The molecule has 3 heteroatoms. The van der Waals surface area contributed by atoms with Gasteiger partial charge in [0.2, 0.25) is 0 Å². The molecule has 2 aromatic heterocycles. The van der Waals surface area contributed by atoms with Crippen LogP contribution in [-0.2, 0) is 7.05 Å². The van der Waals surface area contributed by atoms with Gasteiger partial charge >= 0.3 is 0 Å². The van der Waals surface area contributed by atoms with Crippen LogP contribution in [0.15, 0.2) is 43.2 Å². The molecule has 0 amide bonds. The summed E-state index contributed by atoms with van der Waals surface area (Å²) >= 11 is 0. The third-order valence-corrected chi connectivity index (χ3v) is 1.87. The van der Waals surface area contributed by atoms with Gasteiger partial charge in [-0.05, 0) is 5.56 Å². The highest BCUT2D eigenvalue weighted by molar-refractivity contribution is 5.59. The number of hydrogen-bond donors (Lipinski definition) is 0. The molecule has 0 bridgehead atoms. The van der Waals surface area contributed by atoms with E-state index in [1.165, 1.54) is 6.33 Å². The molecule has 13 heavy (non-hydrogen) atoms. The first-order chi connectivity index (χ1) is 6.36. The van der Waals surface area contributed by atoms with Crippen molar-refractivity contribution in [1.29, 1.82) is 0 Å². The summed E-state index contributed by atoms with van der Waals surface area (Å²) in [5, 5.41) is 0. The molecule has 0 spiro atoms. The fraction of sp³-hybridized carbons (Fsp3) is 0.100. The van der Waals surface area contributed by atoms with Gasteiger partial charge in [-0.15, -0.1) is 0 Å². The van der Waals surface area contributed by atoms with Gasteiger partial charge in [0, 0.05) is 30.1 Å². The Hall–Kier alpha value is -1.77. The summed E-state index contributed by atoms with van der Waals surface area (Å²) in [4.78, 5) is 7.93. The monoisotopic (exact) mass is 172 g/mol. The molecule has 0 aromatic carbocycles. The quantitative estimate of drug-likeness (QED) is 0.600. The maximum absolute atomic E-state index is 3.97. The predicted molar refractivity (Wildman–Crippen MR) is 48.6 cm³/mol. The minimum atomic E-state index is 1.04. The molecule has 3 nitrogen and oxygen atoms in total. The molecule has 0 fully saturated rings. The van der Waals surface area contributed by atoms with E-state index in [-0.39, 0.29) is 0 Å². The molecule has 0 radical (unpaired) electrons. The van der Waals surface area contributed by atoms with Gasteiger partial charge in [-0.25, -0.2) is 14.5 Å². The van der Waals surface area contributed by atoms with Crippen LogP contribution in [0.3, 0.4) is 0 Å². The van der Waals surface area contributed by atoms with Crippen LogP contribution < -0.4 is 4.57 Å². The van der Waals surface area contributed by atoms with Crippen LogP contribution in [0.5, 0.6) is 0 Å². The number of aryl methyl sites for hydroxylation is 1. The summed E-state index contributed by atoms with van der Waals surface area (Å²) < 4.78 is 1.99. The highest BCUT2D eigenvalue weighted by Gasteiger charge is 1.98. The van der Waals surface area contributed by atoms with E-state index in [0.29, 0.717) is 0 Å². The van der Waals surface area contributed by atoms with E-state index < -0.39 is 0 Å². The van der Waals surface area contributed by atoms with Crippen LogP contribution in [0.25, 0.3) is 11.1 Å². The van der Waals surface area contributed by atoms with Crippen molar-refractivity contribution in [3.05, 3.63) is 43.2 Å². The fourth-order valence-electron chi connectivity index (χ4n) is 1.14. The second kappa shape index (κ2) is 3.31. The Labute approximate surface area is 76.7 Å². The van der Waals surface area contributed by atoms with Gasteiger partial charge in [-0.2, -0.15) is 0 Å². The summed E-state index contributed by atoms with van der Waals surface area (Å²) in [7, 11) is 1.99. The van der Waals surface area contributed by atoms with Gasteiger partial charge < -0.3 is 0 Å². The van der Waals surface area contributed by atoms with Crippen molar-refractivity contribution in [2.75, 3.05) is 0 Å². The molecule has 64 valence electrons. The van der Waals surface area contributed by atoms with Crippen LogP contribution in [-0.4, -0.2) is 9.97 Å². The zero-order chi connectivity index (χ0) is 9.10. The Morgan fingerprint density at radius 3 is 2.23 bits per heavy atom. The Bertz CT molecular complexity index is 381. The van der Waals surface area contributed by atoms with Crippen molar-refractivity contribution in [1.82, 2.24) is 9.97 Å². The number of aromatic nitrogens is 3. The van der Waals surface area contributed by atoms with Crippen LogP contribution >= 0.6 is 0 Å². The average molecular weight is 172 g/mol. The number of nitrogens with zero attached hydrogens (tertiary/aromatic N) is 3. The van der Waals surface area contributed by atoms with Crippen LogP contribution in [0.4, 0.5) is 0 Å². The lowest BCUT2D eigenvalue weighted by Gasteiger charge is -1.96.